The van der Waals surface area contributed by atoms with Gasteiger partial charge in [-0.25, -0.2) is 0 Å². The number of hydrogen-bond acceptors (Lipinski definition) is 2. The molecule has 1 amide bonds. The minimum Gasteiger partial charge on any atom is -0.378 e. The fourth-order valence-corrected chi connectivity index (χ4v) is 2.71. The summed E-state index contributed by atoms with van der Waals surface area (Å²) in [5.41, 5.74) is -0.358. The van der Waals surface area contributed by atoms with Crippen LogP contribution in [0.1, 0.15) is 61.9 Å². The largest absolute Gasteiger partial charge is 0.378 e. The first-order valence-electron chi connectivity index (χ1n) is 7.99. The van der Waals surface area contributed by atoms with Gasteiger partial charge >= 0.3 is 0 Å². The van der Waals surface area contributed by atoms with Gasteiger partial charge in [0, 0.05) is 11.1 Å². The van der Waals surface area contributed by atoms with Gasteiger partial charge in [-0.2, -0.15) is 0 Å². The molecule has 1 aromatic rings. The molecule has 1 fully saturated rings. The predicted octanol–water partition coefficient (Wildman–Crippen LogP) is 2.87. The number of terminal acetylenes is 1. The Morgan fingerprint density at radius 2 is 2.00 bits per heavy atom. The zero-order chi connectivity index (χ0) is 16.9. The Bertz CT molecular complexity index is 674. The maximum absolute atomic E-state index is 12.5. The Hall–Kier alpha value is -2.23. The number of amides is 1. The predicted molar refractivity (Wildman–Crippen MR) is 91.7 cm³/mol. The number of hydrogen-bond donors (Lipinski definition) is 2. The Kier molecular flexibility index (Phi) is 5.14. The van der Waals surface area contributed by atoms with Crippen LogP contribution in [0.5, 0.6) is 0 Å². The highest BCUT2D eigenvalue weighted by atomic mass is 16.3. The van der Waals surface area contributed by atoms with Crippen molar-refractivity contribution in [1.82, 2.24) is 5.32 Å². The highest BCUT2D eigenvalue weighted by Gasteiger charge is 2.31. The van der Waals surface area contributed by atoms with Crippen LogP contribution in [0.15, 0.2) is 24.3 Å². The van der Waals surface area contributed by atoms with Crippen molar-refractivity contribution in [3.63, 3.8) is 0 Å². The molecular formula is C20H23NO2. The molecule has 23 heavy (non-hydrogen) atoms. The first kappa shape index (κ1) is 17.1. The smallest absolute Gasteiger partial charge is 0.252 e. The average molecular weight is 309 g/mol. The number of nitrogens with one attached hydrogen (secondary N) is 1. The van der Waals surface area contributed by atoms with Crippen LogP contribution in [0.2, 0.25) is 0 Å². The van der Waals surface area contributed by atoms with Crippen LogP contribution in [0.3, 0.4) is 0 Å². The van der Waals surface area contributed by atoms with E-state index in [4.69, 9.17) is 6.42 Å². The van der Waals surface area contributed by atoms with Crippen molar-refractivity contribution in [3.8, 4) is 24.2 Å². The molecule has 0 spiro atoms. The molecule has 120 valence electrons. The summed E-state index contributed by atoms with van der Waals surface area (Å²) < 4.78 is 0. The number of carbonyl (C=O) groups excluding carboxylic acids is 1. The van der Waals surface area contributed by atoms with Gasteiger partial charge < -0.3 is 10.4 Å². The lowest BCUT2D eigenvalue weighted by Crippen LogP contribution is -2.48. The van der Waals surface area contributed by atoms with Crippen molar-refractivity contribution >= 4 is 5.91 Å². The molecule has 0 bridgehead atoms. The monoisotopic (exact) mass is 309 g/mol. The van der Waals surface area contributed by atoms with E-state index in [1.165, 1.54) is 6.42 Å². The van der Waals surface area contributed by atoms with Gasteiger partial charge in [-0.1, -0.05) is 43.1 Å². The van der Waals surface area contributed by atoms with Crippen molar-refractivity contribution in [1.29, 1.82) is 0 Å². The molecule has 2 rings (SSSR count). The van der Waals surface area contributed by atoms with E-state index in [-0.39, 0.29) is 5.91 Å². The number of carbonyl (C=O) groups is 1. The van der Waals surface area contributed by atoms with E-state index in [9.17, 15) is 9.90 Å². The zero-order valence-electron chi connectivity index (χ0n) is 13.8. The quantitative estimate of drug-likeness (QED) is 0.825. The maximum Gasteiger partial charge on any atom is 0.252 e. The molecule has 0 heterocycles. The summed E-state index contributed by atoms with van der Waals surface area (Å²) in [5, 5.41) is 12.7. The lowest BCUT2D eigenvalue weighted by molar-refractivity contribution is 0.0903. The standard InChI is InChI=1S/C20H23NO2/c1-4-20(12-6-5-7-13-20)21-18(22)17-10-8-9-16(15-17)11-14-19(2,3)23/h1,8-10,15,23H,5-7,12-13H2,2-3H3,(H,21,22). The van der Waals surface area contributed by atoms with Crippen molar-refractivity contribution < 1.29 is 9.90 Å². The van der Waals surface area contributed by atoms with E-state index in [0.717, 1.165) is 25.7 Å². The van der Waals surface area contributed by atoms with Crippen LogP contribution in [0, 0.1) is 24.2 Å². The normalized spacial score (nSPS) is 16.6. The molecule has 1 aliphatic carbocycles. The van der Waals surface area contributed by atoms with Gasteiger partial charge in [0.05, 0.1) is 0 Å². The van der Waals surface area contributed by atoms with E-state index < -0.39 is 11.1 Å². The fourth-order valence-electron chi connectivity index (χ4n) is 2.71. The van der Waals surface area contributed by atoms with Crippen molar-refractivity contribution in [3.05, 3.63) is 35.4 Å². The van der Waals surface area contributed by atoms with E-state index in [1.54, 1.807) is 32.0 Å². The van der Waals surface area contributed by atoms with Crippen LogP contribution < -0.4 is 5.32 Å². The molecule has 0 atom stereocenters. The van der Waals surface area contributed by atoms with Gasteiger partial charge in [0.1, 0.15) is 11.1 Å². The second-order valence-corrected chi connectivity index (χ2v) is 6.63. The van der Waals surface area contributed by atoms with Crippen molar-refractivity contribution in [2.75, 3.05) is 0 Å². The number of aliphatic hydroxyl groups is 1. The van der Waals surface area contributed by atoms with Crippen LogP contribution in [-0.2, 0) is 0 Å². The maximum atomic E-state index is 12.5. The van der Waals surface area contributed by atoms with Gasteiger partial charge in [0.25, 0.3) is 5.91 Å². The summed E-state index contributed by atoms with van der Waals surface area (Å²) >= 11 is 0. The van der Waals surface area contributed by atoms with E-state index >= 15 is 0 Å². The second kappa shape index (κ2) is 6.90. The minimum absolute atomic E-state index is 0.170. The lowest BCUT2D eigenvalue weighted by Gasteiger charge is -2.33. The van der Waals surface area contributed by atoms with E-state index in [0.29, 0.717) is 11.1 Å². The average Bonchev–Trinajstić information content (AvgIpc) is 2.53. The summed E-state index contributed by atoms with van der Waals surface area (Å²) in [7, 11) is 0. The Morgan fingerprint density at radius 3 is 2.61 bits per heavy atom. The third-order valence-electron chi connectivity index (χ3n) is 3.97. The lowest BCUT2D eigenvalue weighted by atomic mass is 9.82. The number of rotatable bonds is 2. The number of benzene rings is 1. The molecule has 2 N–H and O–H groups in total. The van der Waals surface area contributed by atoms with Gasteiger partial charge in [-0.15, -0.1) is 6.42 Å². The fraction of sp³-hybridized carbons (Fsp3) is 0.450. The van der Waals surface area contributed by atoms with Crippen LogP contribution >= 0.6 is 0 Å². The first-order chi connectivity index (χ1) is 10.8. The highest BCUT2D eigenvalue weighted by molar-refractivity contribution is 5.95. The third-order valence-corrected chi connectivity index (χ3v) is 3.97. The Labute approximate surface area is 138 Å². The molecule has 1 aliphatic rings. The third kappa shape index (κ3) is 4.88. The van der Waals surface area contributed by atoms with Crippen LogP contribution in [0.4, 0.5) is 0 Å². The molecule has 3 heteroatoms. The summed E-state index contributed by atoms with van der Waals surface area (Å²) in [4.78, 5) is 12.5. The highest BCUT2D eigenvalue weighted by Crippen LogP contribution is 2.27. The van der Waals surface area contributed by atoms with Gasteiger partial charge in [0.2, 0.25) is 0 Å². The molecule has 1 aromatic carbocycles. The molecule has 0 aromatic heterocycles. The van der Waals surface area contributed by atoms with Gasteiger partial charge in [-0.05, 0) is 44.9 Å². The van der Waals surface area contributed by atoms with E-state index in [1.807, 2.05) is 6.07 Å². The summed E-state index contributed by atoms with van der Waals surface area (Å²) in [6.07, 6.45) is 10.6. The molecule has 0 unspecified atom stereocenters. The van der Waals surface area contributed by atoms with Crippen molar-refractivity contribution in [2.24, 2.45) is 0 Å². The van der Waals surface area contributed by atoms with Crippen LogP contribution in [-0.4, -0.2) is 22.2 Å². The minimum atomic E-state index is -1.06. The molecule has 1 saturated carbocycles. The topological polar surface area (TPSA) is 49.3 Å². The van der Waals surface area contributed by atoms with Crippen molar-refractivity contribution in [2.45, 2.75) is 57.1 Å². The summed E-state index contributed by atoms with van der Waals surface area (Å²) in [6, 6.07) is 7.07. The van der Waals surface area contributed by atoms with Gasteiger partial charge in [-0.3, -0.25) is 4.79 Å². The molecule has 0 saturated heterocycles. The zero-order valence-corrected chi connectivity index (χ0v) is 13.8. The molecular weight excluding hydrogens is 286 g/mol. The first-order valence-corrected chi connectivity index (χ1v) is 7.99. The van der Waals surface area contributed by atoms with Gasteiger partial charge in [0.15, 0.2) is 0 Å². The summed E-state index contributed by atoms with van der Waals surface area (Å²) in [5.74, 6) is 8.25. The molecule has 0 aliphatic heterocycles. The Balaban J connectivity index is 2.16. The second-order valence-electron chi connectivity index (χ2n) is 6.63. The summed E-state index contributed by atoms with van der Waals surface area (Å²) in [6.45, 7) is 3.24. The molecule has 0 radical (unpaired) electrons. The van der Waals surface area contributed by atoms with E-state index in [2.05, 4.69) is 23.1 Å². The molecule has 3 nitrogen and oxygen atoms in total. The SMILES string of the molecule is C#CC1(NC(=O)c2cccc(C#CC(C)(C)O)c2)CCCCC1. The Morgan fingerprint density at radius 1 is 1.30 bits per heavy atom. The van der Waals surface area contributed by atoms with Crippen LogP contribution in [0.25, 0.3) is 0 Å².